The summed E-state index contributed by atoms with van der Waals surface area (Å²) in [5.41, 5.74) is 2.51. The van der Waals surface area contributed by atoms with Gasteiger partial charge < -0.3 is 10.6 Å². The molecule has 3 nitrogen and oxygen atoms in total. The van der Waals surface area contributed by atoms with Crippen molar-refractivity contribution in [1.82, 2.24) is 10.6 Å². The van der Waals surface area contributed by atoms with Crippen LogP contribution >= 0.6 is 0 Å². The second-order valence-corrected chi connectivity index (χ2v) is 4.68. The quantitative estimate of drug-likeness (QED) is 0.843. The SMILES string of the molecule is CNC(=O)CNCC(c1ccccc1)c1ccccc1. The Morgan fingerprint density at radius 2 is 1.45 bits per heavy atom. The molecule has 0 aromatic heterocycles. The van der Waals surface area contributed by atoms with E-state index >= 15 is 0 Å². The summed E-state index contributed by atoms with van der Waals surface area (Å²) in [4.78, 5) is 11.3. The van der Waals surface area contributed by atoms with Crippen LogP contribution in [0.25, 0.3) is 0 Å². The number of nitrogens with one attached hydrogen (secondary N) is 2. The summed E-state index contributed by atoms with van der Waals surface area (Å²) in [6, 6.07) is 20.7. The van der Waals surface area contributed by atoms with E-state index in [0.29, 0.717) is 6.54 Å². The van der Waals surface area contributed by atoms with Crippen molar-refractivity contribution < 1.29 is 4.79 Å². The van der Waals surface area contributed by atoms with E-state index in [9.17, 15) is 4.79 Å². The zero-order chi connectivity index (χ0) is 14.2. The number of carbonyl (C=O) groups is 1. The molecule has 0 heterocycles. The van der Waals surface area contributed by atoms with Gasteiger partial charge >= 0.3 is 0 Å². The zero-order valence-electron chi connectivity index (χ0n) is 11.7. The lowest BCUT2D eigenvalue weighted by Crippen LogP contribution is -2.33. The van der Waals surface area contributed by atoms with Gasteiger partial charge in [0.2, 0.25) is 5.91 Å². The highest BCUT2D eigenvalue weighted by molar-refractivity contribution is 5.77. The first kappa shape index (κ1) is 14.3. The molecule has 20 heavy (non-hydrogen) atoms. The Hall–Kier alpha value is -2.13. The number of hydrogen-bond acceptors (Lipinski definition) is 2. The van der Waals surface area contributed by atoms with Gasteiger partial charge in [0, 0.05) is 19.5 Å². The second kappa shape index (κ2) is 7.46. The van der Waals surface area contributed by atoms with Gasteiger partial charge in [-0.1, -0.05) is 60.7 Å². The Labute approximate surface area is 120 Å². The number of rotatable bonds is 6. The third-order valence-electron chi connectivity index (χ3n) is 3.32. The molecule has 2 N–H and O–H groups in total. The summed E-state index contributed by atoms with van der Waals surface area (Å²) in [6.07, 6.45) is 0. The molecule has 3 heteroatoms. The largest absolute Gasteiger partial charge is 0.358 e. The van der Waals surface area contributed by atoms with Crippen molar-refractivity contribution in [2.75, 3.05) is 20.1 Å². The Morgan fingerprint density at radius 1 is 0.950 bits per heavy atom. The minimum absolute atomic E-state index is 0.00451. The molecule has 0 radical (unpaired) electrons. The Morgan fingerprint density at radius 3 is 1.90 bits per heavy atom. The van der Waals surface area contributed by atoms with Gasteiger partial charge in [0.1, 0.15) is 0 Å². The van der Waals surface area contributed by atoms with Crippen molar-refractivity contribution in [3.8, 4) is 0 Å². The van der Waals surface area contributed by atoms with Gasteiger partial charge in [-0.2, -0.15) is 0 Å². The van der Waals surface area contributed by atoms with Crippen LogP contribution in [0, 0.1) is 0 Å². The van der Waals surface area contributed by atoms with Gasteiger partial charge in [0.15, 0.2) is 0 Å². The number of amides is 1. The minimum atomic E-state index is 0.00451. The highest BCUT2D eigenvalue weighted by Crippen LogP contribution is 2.23. The number of hydrogen-bond donors (Lipinski definition) is 2. The Balaban J connectivity index is 2.11. The maximum Gasteiger partial charge on any atom is 0.233 e. The van der Waals surface area contributed by atoms with Crippen LogP contribution in [0.4, 0.5) is 0 Å². The van der Waals surface area contributed by atoms with Crippen molar-refractivity contribution in [3.63, 3.8) is 0 Å². The Bertz CT molecular complexity index is 486. The van der Waals surface area contributed by atoms with Gasteiger partial charge in [-0.25, -0.2) is 0 Å². The first-order valence-electron chi connectivity index (χ1n) is 6.82. The van der Waals surface area contributed by atoms with E-state index in [-0.39, 0.29) is 11.8 Å². The summed E-state index contributed by atoms with van der Waals surface area (Å²) < 4.78 is 0. The molecule has 2 aromatic rings. The maximum absolute atomic E-state index is 11.3. The Kier molecular flexibility index (Phi) is 5.33. The average molecular weight is 268 g/mol. The predicted octanol–water partition coefficient (Wildman–Crippen LogP) is 2.15. The molecule has 2 rings (SSSR count). The molecule has 0 atom stereocenters. The lowest BCUT2D eigenvalue weighted by Gasteiger charge is -2.18. The molecule has 0 saturated carbocycles. The third kappa shape index (κ3) is 3.93. The highest BCUT2D eigenvalue weighted by Gasteiger charge is 2.13. The molecule has 0 unspecified atom stereocenters. The van der Waals surface area contributed by atoms with E-state index in [0.717, 1.165) is 6.54 Å². The van der Waals surface area contributed by atoms with Crippen LogP contribution in [0.1, 0.15) is 17.0 Å². The lowest BCUT2D eigenvalue weighted by molar-refractivity contribution is -0.119. The monoisotopic (exact) mass is 268 g/mol. The molecule has 104 valence electrons. The van der Waals surface area contributed by atoms with Gasteiger partial charge in [-0.3, -0.25) is 4.79 Å². The fourth-order valence-electron chi connectivity index (χ4n) is 2.22. The molecule has 2 aromatic carbocycles. The molecule has 0 saturated heterocycles. The molecule has 0 spiro atoms. The second-order valence-electron chi connectivity index (χ2n) is 4.68. The molecule has 0 aliphatic heterocycles. The van der Waals surface area contributed by atoms with Crippen LogP contribution in [0.3, 0.4) is 0 Å². The van der Waals surface area contributed by atoms with Crippen LogP contribution in [0.2, 0.25) is 0 Å². The van der Waals surface area contributed by atoms with Crippen LogP contribution < -0.4 is 10.6 Å². The summed E-state index contributed by atoms with van der Waals surface area (Å²) in [7, 11) is 1.65. The van der Waals surface area contributed by atoms with Crippen molar-refractivity contribution in [2.45, 2.75) is 5.92 Å². The van der Waals surface area contributed by atoms with E-state index in [1.165, 1.54) is 11.1 Å². The average Bonchev–Trinajstić information content (AvgIpc) is 2.53. The fourth-order valence-corrected chi connectivity index (χ4v) is 2.22. The minimum Gasteiger partial charge on any atom is -0.358 e. The summed E-state index contributed by atoms with van der Waals surface area (Å²) >= 11 is 0. The molecular weight excluding hydrogens is 248 g/mol. The highest BCUT2D eigenvalue weighted by atomic mass is 16.1. The van der Waals surface area contributed by atoms with E-state index in [2.05, 4.69) is 34.9 Å². The normalized spacial score (nSPS) is 10.5. The number of benzene rings is 2. The van der Waals surface area contributed by atoms with Crippen molar-refractivity contribution in [1.29, 1.82) is 0 Å². The maximum atomic E-state index is 11.3. The molecule has 0 fully saturated rings. The fraction of sp³-hybridized carbons (Fsp3) is 0.235. The van der Waals surface area contributed by atoms with Crippen LogP contribution in [-0.2, 0) is 4.79 Å². The standard InChI is InChI=1S/C17H20N2O/c1-18-17(20)13-19-12-16(14-8-4-2-5-9-14)15-10-6-3-7-11-15/h2-11,16,19H,12-13H2,1H3,(H,18,20). The summed E-state index contributed by atoms with van der Waals surface area (Å²) in [5.74, 6) is 0.256. The predicted molar refractivity (Wildman–Crippen MR) is 81.7 cm³/mol. The van der Waals surface area contributed by atoms with E-state index in [4.69, 9.17) is 0 Å². The van der Waals surface area contributed by atoms with Gasteiger partial charge in [0.25, 0.3) is 0 Å². The lowest BCUT2D eigenvalue weighted by atomic mass is 9.91. The smallest absolute Gasteiger partial charge is 0.233 e. The first-order valence-corrected chi connectivity index (χ1v) is 6.82. The summed E-state index contributed by atoms with van der Waals surface area (Å²) in [5, 5.41) is 5.84. The third-order valence-corrected chi connectivity index (χ3v) is 3.32. The van der Waals surface area contributed by atoms with Gasteiger partial charge in [-0.15, -0.1) is 0 Å². The molecule has 0 bridgehead atoms. The first-order chi connectivity index (χ1) is 9.81. The molecule has 0 aliphatic rings. The topological polar surface area (TPSA) is 41.1 Å². The van der Waals surface area contributed by atoms with E-state index < -0.39 is 0 Å². The van der Waals surface area contributed by atoms with Gasteiger partial charge in [0.05, 0.1) is 6.54 Å². The van der Waals surface area contributed by atoms with Crippen molar-refractivity contribution in [2.24, 2.45) is 0 Å². The van der Waals surface area contributed by atoms with E-state index in [1.807, 2.05) is 36.4 Å². The molecule has 1 amide bonds. The van der Waals surface area contributed by atoms with Crippen LogP contribution in [0.15, 0.2) is 60.7 Å². The molecular formula is C17H20N2O. The molecule has 0 aliphatic carbocycles. The summed E-state index contributed by atoms with van der Waals surface area (Å²) in [6.45, 7) is 1.08. The van der Waals surface area contributed by atoms with Crippen LogP contribution in [-0.4, -0.2) is 26.0 Å². The van der Waals surface area contributed by atoms with Crippen molar-refractivity contribution >= 4 is 5.91 Å². The number of carbonyl (C=O) groups excluding carboxylic acids is 1. The van der Waals surface area contributed by atoms with Gasteiger partial charge in [-0.05, 0) is 11.1 Å². The zero-order valence-corrected chi connectivity index (χ0v) is 11.7. The number of likely N-dealkylation sites (N-methyl/N-ethyl adjacent to an activating group) is 1. The van der Waals surface area contributed by atoms with Crippen LogP contribution in [0.5, 0.6) is 0 Å². The van der Waals surface area contributed by atoms with E-state index in [1.54, 1.807) is 7.05 Å². The van der Waals surface area contributed by atoms with Crippen molar-refractivity contribution in [3.05, 3.63) is 71.8 Å².